The molecule has 0 aliphatic carbocycles. The number of ether oxygens (including phenoxy) is 1. The maximum atomic E-state index is 12.0. The van der Waals surface area contributed by atoms with Crippen LogP contribution in [0.2, 0.25) is 0 Å². The number of methoxy groups -OCH3 is 1. The number of nitrogens with one attached hydrogen (secondary N) is 1. The second kappa shape index (κ2) is 5.66. The number of hydrogen-bond donors (Lipinski definition) is 2. The minimum absolute atomic E-state index is 0.0945. The molecule has 106 valence electrons. The van der Waals surface area contributed by atoms with Crippen LogP contribution in [0.15, 0.2) is 27.5 Å². The van der Waals surface area contributed by atoms with E-state index in [0.29, 0.717) is 22.7 Å². The summed E-state index contributed by atoms with van der Waals surface area (Å²) in [6.45, 7) is 3.66. The molecule has 0 unspecified atom stereocenters. The Bertz CT molecular complexity index is 695. The van der Waals surface area contributed by atoms with E-state index in [1.165, 1.54) is 0 Å². The standard InChI is InChI=1S/C14H15BrN2O3/c1-7(2)11-13(18)16-12(17-14(11)19)8-4-5-10(20-3)9(15)6-8/h4-7H,1-3H3,(H2,16,17,18,19). The first-order valence-corrected chi connectivity index (χ1v) is 6.90. The topological polar surface area (TPSA) is 75.2 Å². The third kappa shape index (κ3) is 2.70. The zero-order chi connectivity index (χ0) is 14.9. The van der Waals surface area contributed by atoms with Gasteiger partial charge in [0.1, 0.15) is 11.6 Å². The summed E-state index contributed by atoms with van der Waals surface area (Å²) >= 11 is 3.37. The van der Waals surface area contributed by atoms with Crippen LogP contribution in [0, 0.1) is 0 Å². The SMILES string of the molecule is COc1ccc(-c2nc(O)c(C(C)C)c(=O)[nH]2)cc1Br. The van der Waals surface area contributed by atoms with Crippen LogP contribution < -0.4 is 10.3 Å². The Balaban J connectivity index is 2.54. The molecule has 0 amide bonds. The summed E-state index contributed by atoms with van der Waals surface area (Å²) in [5.74, 6) is 0.674. The van der Waals surface area contributed by atoms with Crippen molar-refractivity contribution < 1.29 is 9.84 Å². The summed E-state index contributed by atoms with van der Waals surface area (Å²) in [6.07, 6.45) is 0. The van der Waals surface area contributed by atoms with Gasteiger partial charge in [0.25, 0.3) is 5.56 Å². The first-order valence-electron chi connectivity index (χ1n) is 6.11. The molecular weight excluding hydrogens is 324 g/mol. The van der Waals surface area contributed by atoms with Gasteiger partial charge in [-0.25, -0.2) is 0 Å². The van der Waals surface area contributed by atoms with Crippen LogP contribution in [-0.2, 0) is 0 Å². The number of aromatic hydroxyl groups is 1. The van der Waals surface area contributed by atoms with E-state index in [-0.39, 0.29) is 17.4 Å². The smallest absolute Gasteiger partial charge is 0.258 e. The molecule has 0 bridgehead atoms. The number of halogens is 1. The molecule has 6 heteroatoms. The van der Waals surface area contributed by atoms with Crippen LogP contribution in [0.5, 0.6) is 11.6 Å². The van der Waals surface area contributed by atoms with Gasteiger partial charge in [0.2, 0.25) is 5.88 Å². The van der Waals surface area contributed by atoms with Crippen molar-refractivity contribution in [2.45, 2.75) is 19.8 Å². The Kier molecular flexibility index (Phi) is 4.13. The minimum Gasteiger partial charge on any atom is -0.496 e. The van der Waals surface area contributed by atoms with Gasteiger partial charge in [0.05, 0.1) is 17.1 Å². The molecule has 2 N–H and O–H groups in total. The first kappa shape index (κ1) is 14.6. The highest BCUT2D eigenvalue weighted by Crippen LogP contribution is 2.30. The average Bonchev–Trinajstić information content (AvgIpc) is 2.37. The van der Waals surface area contributed by atoms with E-state index in [1.54, 1.807) is 25.3 Å². The Labute approximate surface area is 124 Å². The van der Waals surface area contributed by atoms with Crippen molar-refractivity contribution in [3.8, 4) is 23.0 Å². The summed E-state index contributed by atoms with van der Waals surface area (Å²) in [5, 5.41) is 9.91. The maximum absolute atomic E-state index is 12.0. The fourth-order valence-electron chi connectivity index (χ4n) is 1.94. The van der Waals surface area contributed by atoms with Gasteiger partial charge < -0.3 is 14.8 Å². The molecular formula is C14H15BrN2O3. The number of benzene rings is 1. The molecule has 0 aliphatic heterocycles. The second-order valence-electron chi connectivity index (χ2n) is 4.66. The maximum Gasteiger partial charge on any atom is 0.258 e. The second-order valence-corrected chi connectivity index (χ2v) is 5.51. The Morgan fingerprint density at radius 3 is 2.60 bits per heavy atom. The van der Waals surface area contributed by atoms with Gasteiger partial charge >= 0.3 is 0 Å². The Morgan fingerprint density at radius 2 is 2.10 bits per heavy atom. The van der Waals surface area contributed by atoms with Crippen molar-refractivity contribution in [3.05, 3.63) is 38.6 Å². The fraction of sp³-hybridized carbons (Fsp3) is 0.286. The molecule has 1 aromatic heterocycles. The van der Waals surface area contributed by atoms with Crippen molar-refractivity contribution in [2.75, 3.05) is 7.11 Å². The predicted molar refractivity (Wildman–Crippen MR) is 80.3 cm³/mol. The van der Waals surface area contributed by atoms with Gasteiger partial charge in [-0.05, 0) is 40.0 Å². The molecule has 2 rings (SSSR count). The van der Waals surface area contributed by atoms with E-state index in [4.69, 9.17) is 4.74 Å². The molecule has 0 aliphatic rings. The zero-order valence-corrected chi connectivity index (χ0v) is 13.0. The third-order valence-corrected chi connectivity index (χ3v) is 3.56. The molecule has 0 saturated carbocycles. The van der Waals surface area contributed by atoms with Crippen molar-refractivity contribution in [1.82, 2.24) is 9.97 Å². The molecule has 20 heavy (non-hydrogen) atoms. The van der Waals surface area contributed by atoms with Crippen LogP contribution in [0.25, 0.3) is 11.4 Å². The largest absolute Gasteiger partial charge is 0.496 e. The lowest BCUT2D eigenvalue weighted by Crippen LogP contribution is -2.16. The lowest BCUT2D eigenvalue weighted by atomic mass is 10.1. The lowest BCUT2D eigenvalue weighted by Gasteiger charge is -2.09. The Hall–Kier alpha value is -1.82. The molecule has 0 spiro atoms. The molecule has 2 aromatic rings. The van der Waals surface area contributed by atoms with Crippen LogP contribution in [0.4, 0.5) is 0 Å². The summed E-state index contributed by atoms with van der Waals surface area (Å²) in [4.78, 5) is 18.7. The quantitative estimate of drug-likeness (QED) is 0.901. The monoisotopic (exact) mass is 338 g/mol. The molecule has 1 aromatic carbocycles. The number of hydrogen-bond acceptors (Lipinski definition) is 4. The lowest BCUT2D eigenvalue weighted by molar-refractivity contribution is 0.412. The highest BCUT2D eigenvalue weighted by atomic mass is 79.9. The van der Waals surface area contributed by atoms with Gasteiger partial charge in [0, 0.05) is 5.56 Å². The van der Waals surface area contributed by atoms with Gasteiger partial charge in [-0.1, -0.05) is 13.8 Å². The van der Waals surface area contributed by atoms with E-state index in [0.717, 1.165) is 4.47 Å². The number of H-pyrrole nitrogens is 1. The molecule has 1 heterocycles. The van der Waals surface area contributed by atoms with Crippen molar-refractivity contribution >= 4 is 15.9 Å². The van der Waals surface area contributed by atoms with E-state index in [2.05, 4.69) is 25.9 Å². The zero-order valence-electron chi connectivity index (χ0n) is 11.4. The van der Waals surface area contributed by atoms with Crippen LogP contribution >= 0.6 is 15.9 Å². The van der Waals surface area contributed by atoms with Crippen LogP contribution in [0.3, 0.4) is 0 Å². The fourth-order valence-corrected chi connectivity index (χ4v) is 2.48. The van der Waals surface area contributed by atoms with Crippen LogP contribution in [0.1, 0.15) is 25.3 Å². The van der Waals surface area contributed by atoms with Gasteiger partial charge in [0.15, 0.2) is 0 Å². The molecule has 0 radical (unpaired) electrons. The van der Waals surface area contributed by atoms with Crippen LogP contribution in [-0.4, -0.2) is 22.2 Å². The first-order chi connectivity index (χ1) is 9.43. The predicted octanol–water partition coefficient (Wildman–Crippen LogP) is 3.04. The van der Waals surface area contributed by atoms with Crippen molar-refractivity contribution in [3.63, 3.8) is 0 Å². The van der Waals surface area contributed by atoms with E-state index >= 15 is 0 Å². The van der Waals surface area contributed by atoms with E-state index in [1.807, 2.05) is 13.8 Å². The van der Waals surface area contributed by atoms with E-state index in [9.17, 15) is 9.90 Å². The summed E-state index contributed by atoms with van der Waals surface area (Å²) < 4.78 is 5.89. The number of aromatic amines is 1. The van der Waals surface area contributed by atoms with Crippen molar-refractivity contribution in [1.29, 1.82) is 0 Å². The number of rotatable bonds is 3. The van der Waals surface area contributed by atoms with Crippen molar-refractivity contribution in [2.24, 2.45) is 0 Å². The summed E-state index contributed by atoms with van der Waals surface area (Å²) in [6, 6.07) is 5.29. The minimum atomic E-state index is -0.325. The summed E-state index contributed by atoms with van der Waals surface area (Å²) in [5.41, 5.74) is 0.649. The number of nitrogens with zero attached hydrogens (tertiary/aromatic N) is 1. The molecule has 0 saturated heterocycles. The highest BCUT2D eigenvalue weighted by Gasteiger charge is 2.15. The Morgan fingerprint density at radius 1 is 1.40 bits per heavy atom. The van der Waals surface area contributed by atoms with E-state index < -0.39 is 0 Å². The highest BCUT2D eigenvalue weighted by molar-refractivity contribution is 9.10. The van der Waals surface area contributed by atoms with Gasteiger partial charge in [-0.15, -0.1) is 0 Å². The molecule has 0 atom stereocenters. The van der Waals surface area contributed by atoms with Gasteiger partial charge in [-0.3, -0.25) is 4.79 Å². The summed E-state index contributed by atoms with van der Waals surface area (Å²) in [7, 11) is 1.57. The molecule has 0 fully saturated rings. The van der Waals surface area contributed by atoms with Gasteiger partial charge in [-0.2, -0.15) is 4.98 Å². The normalized spacial score (nSPS) is 10.8. The average molecular weight is 339 g/mol. The number of aromatic nitrogens is 2. The molecule has 5 nitrogen and oxygen atoms in total. The third-order valence-electron chi connectivity index (χ3n) is 2.94.